The molecule has 0 saturated carbocycles. The molecule has 0 spiro atoms. The predicted molar refractivity (Wildman–Crippen MR) is 140 cm³/mol. The number of rotatable bonds is 11. The summed E-state index contributed by atoms with van der Waals surface area (Å²) < 4.78 is 48.4. The van der Waals surface area contributed by atoms with E-state index in [-0.39, 0.29) is 31.1 Å². The lowest BCUT2D eigenvalue weighted by atomic mass is 9.88. The molecule has 0 unspecified atom stereocenters. The molecule has 2 aromatic rings. The topological polar surface area (TPSA) is 113 Å². The molecule has 3 N–H and O–H groups in total. The number of allylic oxidation sites excluding steroid dienone is 1. The van der Waals surface area contributed by atoms with Crippen molar-refractivity contribution in [3.63, 3.8) is 0 Å². The number of nitrogens with zero attached hydrogens (tertiary/aromatic N) is 5. The van der Waals surface area contributed by atoms with Crippen LogP contribution in [0.3, 0.4) is 0 Å². The maximum Gasteiger partial charge on any atom is 0.435 e. The Bertz CT molecular complexity index is 1230. The van der Waals surface area contributed by atoms with E-state index in [0.29, 0.717) is 59.6 Å². The number of hydrogen-bond acceptors (Lipinski definition) is 6. The lowest BCUT2D eigenvalue weighted by Crippen LogP contribution is -2.40. The average molecular weight is 534 g/mol. The summed E-state index contributed by atoms with van der Waals surface area (Å²) in [6.07, 6.45) is -0.168. The molecule has 206 valence electrons. The third kappa shape index (κ3) is 6.42. The highest BCUT2D eigenvalue weighted by Gasteiger charge is 2.39. The van der Waals surface area contributed by atoms with Gasteiger partial charge in [-0.15, -0.1) is 0 Å². The molecule has 2 heterocycles. The van der Waals surface area contributed by atoms with Gasteiger partial charge in [0, 0.05) is 81.7 Å². The molecule has 1 amide bonds. The Hall–Kier alpha value is -3.67. The standard InChI is InChI=1S/C26H34F3N7O2/c1-5-36-15-23(24(33-36)26(27,28)29)21-10-18(13-34(16-30)8-9-38-4)11-22-20(21)6-7-35(25(22)37)14-19(12-32-3)17(2)31/h10-12,15-16,30H,5-9,13-14,31H2,1-4H3/b19-17+,30-16?,32-12?. The summed E-state index contributed by atoms with van der Waals surface area (Å²) in [7, 11) is 3.16. The first-order chi connectivity index (χ1) is 18.0. The van der Waals surface area contributed by atoms with Gasteiger partial charge in [-0.05, 0) is 49.1 Å². The molecule has 1 aliphatic rings. The van der Waals surface area contributed by atoms with Crippen molar-refractivity contribution in [3.8, 4) is 11.1 Å². The van der Waals surface area contributed by atoms with Crippen molar-refractivity contribution in [1.29, 1.82) is 5.41 Å². The smallest absolute Gasteiger partial charge is 0.402 e. The van der Waals surface area contributed by atoms with Crippen LogP contribution >= 0.6 is 0 Å². The van der Waals surface area contributed by atoms with Crippen LogP contribution < -0.4 is 5.73 Å². The highest BCUT2D eigenvalue weighted by Crippen LogP contribution is 2.40. The van der Waals surface area contributed by atoms with E-state index in [9.17, 15) is 18.0 Å². The zero-order chi connectivity index (χ0) is 28.0. The zero-order valence-corrected chi connectivity index (χ0v) is 22.1. The van der Waals surface area contributed by atoms with Crippen molar-refractivity contribution in [3.05, 3.63) is 52.0 Å². The first-order valence-electron chi connectivity index (χ1n) is 12.2. The molecule has 0 fully saturated rings. The summed E-state index contributed by atoms with van der Waals surface area (Å²) in [6.45, 7) is 5.26. The predicted octanol–water partition coefficient (Wildman–Crippen LogP) is 3.58. The van der Waals surface area contributed by atoms with Crippen molar-refractivity contribution < 1.29 is 22.7 Å². The fourth-order valence-electron chi connectivity index (χ4n) is 4.44. The molecule has 1 aromatic heterocycles. The van der Waals surface area contributed by atoms with Crippen LogP contribution in [-0.4, -0.2) is 78.4 Å². The number of alkyl halides is 3. The maximum atomic E-state index is 14.0. The number of methoxy groups -OCH3 is 1. The molecule has 0 aliphatic carbocycles. The van der Waals surface area contributed by atoms with Crippen LogP contribution in [0.4, 0.5) is 13.2 Å². The summed E-state index contributed by atoms with van der Waals surface area (Å²) in [6, 6.07) is 3.39. The van der Waals surface area contributed by atoms with Gasteiger partial charge in [0.2, 0.25) is 0 Å². The molecule has 0 saturated heterocycles. The Morgan fingerprint density at radius 2 is 2.03 bits per heavy atom. The molecule has 3 rings (SSSR count). The van der Waals surface area contributed by atoms with Crippen molar-refractivity contribution >= 4 is 18.5 Å². The number of aromatic nitrogens is 2. The van der Waals surface area contributed by atoms with Crippen LogP contribution in [0.25, 0.3) is 11.1 Å². The number of carbonyl (C=O) groups is 1. The molecular weight excluding hydrogens is 499 g/mol. The second-order valence-electron chi connectivity index (χ2n) is 9.08. The summed E-state index contributed by atoms with van der Waals surface area (Å²) in [5.74, 6) is -0.299. The highest BCUT2D eigenvalue weighted by atomic mass is 19.4. The number of fused-ring (bicyclic) bond motifs is 1. The Morgan fingerprint density at radius 3 is 2.61 bits per heavy atom. The average Bonchev–Trinajstić information content (AvgIpc) is 3.32. The number of aryl methyl sites for hydroxylation is 1. The lowest BCUT2D eigenvalue weighted by Gasteiger charge is -2.31. The Labute approximate surface area is 220 Å². The highest BCUT2D eigenvalue weighted by molar-refractivity contribution is 6.00. The van der Waals surface area contributed by atoms with E-state index in [0.717, 1.165) is 6.34 Å². The summed E-state index contributed by atoms with van der Waals surface area (Å²) in [5, 5.41) is 11.5. The van der Waals surface area contributed by atoms with E-state index in [1.807, 2.05) is 0 Å². The van der Waals surface area contributed by atoms with Gasteiger partial charge in [-0.1, -0.05) is 0 Å². The van der Waals surface area contributed by atoms with Gasteiger partial charge in [-0.2, -0.15) is 18.3 Å². The van der Waals surface area contributed by atoms with E-state index in [4.69, 9.17) is 15.9 Å². The van der Waals surface area contributed by atoms with Crippen LogP contribution in [0.1, 0.15) is 41.0 Å². The number of aliphatic imine (C=N–C) groups is 1. The van der Waals surface area contributed by atoms with Gasteiger partial charge < -0.3 is 20.3 Å². The van der Waals surface area contributed by atoms with Gasteiger partial charge in [-0.3, -0.25) is 19.9 Å². The van der Waals surface area contributed by atoms with E-state index >= 15 is 0 Å². The number of halogens is 3. The van der Waals surface area contributed by atoms with Crippen LogP contribution in [0.15, 0.2) is 34.6 Å². The summed E-state index contributed by atoms with van der Waals surface area (Å²) in [5.41, 5.74) is 7.98. The SMILES string of the molecule is CCn1cc(-c2cc(CN(C=N)CCOC)cc3c2CCN(C/C(C=NC)=C(\C)N)C3=O)c(C(F)(F)F)n1. The van der Waals surface area contributed by atoms with Gasteiger partial charge in [0.1, 0.15) is 0 Å². The Balaban J connectivity index is 2.16. The fraction of sp³-hybridized carbons (Fsp3) is 0.462. The molecule has 38 heavy (non-hydrogen) atoms. The first kappa shape index (κ1) is 28.9. The van der Waals surface area contributed by atoms with E-state index in [1.54, 1.807) is 56.2 Å². The molecule has 0 atom stereocenters. The number of benzene rings is 1. The van der Waals surface area contributed by atoms with E-state index < -0.39 is 11.9 Å². The number of nitrogens with two attached hydrogens (primary N) is 1. The summed E-state index contributed by atoms with van der Waals surface area (Å²) in [4.78, 5) is 21.0. The minimum absolute atomic E-state index is 0.0616. The van der Waals surface area contributed by atoms with Crippen molar-refractivity contribution in [2.24, 2.45) is 10.7 Å². The second-order valence-corrected chi connectivity index (χ2v) is 9.08. The molecule has 1 aromatic carbocycles. The largest absolute Gasteiger partial charge is 0.435 e. The minimum atomic E-state index is -4.67. The quantitative estimate of drug-likeness (QED) is 0.339. The molecular formula is C26H34F3N7O2. The van der Waals surface area contributed by atoms with Crippen molar-refractivity contribution in [2.75, 3.05) is 40.4 Å². The minimum Gasteiger partial charge on any atom is -0.402 e. The molecule has 12 heteroatoms. The van der Waals surface area contributed by atoms with Crippen molar-refractivity contribution in [2.45, 2.75) is 39.5 Å². The Kier molecular flexibility index (Phi) is 9.31. The third-order valence-corrected chi connectivity index (χ3v) is 6.41. The number of ether oxygens (including phenoxy) is 1. The van der Waals surface area contributed by atoms with Crippen molar-refractivity contribution in [1.82, 2.24) is 19.6 Å². The van der Waals surface area contributed by atoms with Gasteiger partial charge >= 0.3 is 6.18 Å². The number of carbonyl (C=O) groups excluding carboxylic acids is 1. The van der Waals surface area contributed by atoms with E-state index in [1.165, 1.54) is 10.9 Å². The monoisotopic (exact) mass is 533 g/mol. The second kappa shape index (κ2) is 12.2. The van der Waals surface area contributed by atoms with Crippen LogP contribution in [0.2, 0.25) is 0 Å². The van der Waals surface area contributed by atoms with Gasteiger partial charge in [0.25, 0.3) is 5.91 Å². The lowest BCUT2D eigenvalue weighted by molar-refractivity contribution is -0.141. The van der Waals surface area contributed by atoms with Crippen LogP contribution in [0, 0.1) is 5.41 Å². The van der Waals surface area contributed by atoms with Gasteiger partial charge in [0.05, 0.1) is 12.9 Å². The summed E-state index contributed by atoms with van der Waals surface area (Å²) >= 11 is 0. The molecule has 1 aliphatic heterocycles. The van der Waals surface area contributed by atoms with Crippen LogP contribution in [-0.2, 0) is 30.4 Å². The molecule has 9 nitrogen and oxygen atoms in total. The van der Waals surface area contributed by atoms with Crippen LogP contribution in [0.5, 0.6) is 0 Å². The normalized spacial score (nSPS) is 14.6. The fourth-order valence-corrected chi connectivity index (χ4v) is 4.44. The van der Waals surface area contributed by atoms with Gasteiger partial charge in [0.15, 0.2) is 5.69 Å². The number of nitrogens with one attached hydrogen (secondary N) is 1. The first-order valence-corrected chi connectivity index (χ1v) is 12.2. The van der Waals surface area contributed by atoms with E-state index in [2.05, 4.69) is 10.1 Å². The zero-order valence-electron chi connectivity index (χ0n) is 22.1. The number of hydrogen-bond donors (Lipinski definition) is 2. The maximum absolute atomic E-state index is 14.0. The molecule has 0 radical (unpaired) electrons. The number of amides is 1. The van der Waals surface area contributed by atoms with Gasteiger partial charge in [-0.25, -0.2) is 0 Å². The Morgan fingerprint density at radius 1 is 1.32 bits per heavy atom. The molecule has 0 bridgehead atoms. The third-order valence-electron chi connectivity index (χ3n) is 6.41.